The molecule has 1 aromatic heterocycles. The minimum absolute atomic E-state index is 0.0652. The number of nitrogens with zero attached hydrogens (tertiary/aromatic N) is 2. The molecule has 5 rings (SSSR count). The average molecular weight is 448 g/mol. The number of benzene rings is 3. The van der Waals surface area contributed by atoms with Crippen LogP contribution >= 0.6 is 11.6 Å². The molecule has 7 nitrogen and oxygen atoms in total. The summed E-state index contributed by atoms with van der Waals surface area (Å²) in [4.78, 5) is 15.0. The molecule has 3 aromatic carbocycles. The second kappa shape index (κ2) is 8.63. The van der Waals surface area contributed by atoms with E-state index in [0.29, 0.717) is 29.6 Å². The van der Waals surface area contributed by atoms with Gasteiger partial charge in [0, 0.05) is 23.7 Å². The van der Waals surface area contributed by atoms with E-state index >= 15 is 0 Å². The van der Waals surface area contributed by atoms with Gasteiger partial charge in [0.25, 0.3) is 0 Å². The number of halogens is 1. The fourth-order valence-corrected chi connectivity index (χ4v) is 4.24. The van der Waals surface area contributed by atoms with Crippen LogP contribution in [0.5, 0.6) is 0 Å². The highest BCUT2D eigenvalue weighted by Crippen LogP contribution is 2.31. The smallest absolute Gasteiger partial charge is 0.349 e. The Morgan fingerprint density at radius 1 is 1.09 bits per heavy atom. The molecule has 1 aliphatic carbocycles. The van der Waals surface area contributed by atoms with E-state index in [1.807, 2.05) is 36.4 Å². The zero-order valence-corrected chi connectivity index (χ0v) is 17.9. The lowest BCUT2D eigenvalue weighted by Gasteiger charge is -2.18. The molecule has 4 aromatic rings. The molecule has 1 aliphatic rings. The number of aliphatic hydroxyl groups excluding tert-OH is 1. The van der Waals surface area contributed by atoms with Gasteiger partial charge in [0.2, 0.25) is 5.95 Å². The number of rotatable bonds is 6. The van der Waals surface area contributed by atoms with Crippen molar-refractivity contribution in [3.05, 3.63) is 105 Å². The zero-order chi connectivity index (χ0) is 22.1. The number of aliphatic hydroxyl groups is 1. The maximum Gasteiger partial charge on any atom is 0.349 e. The van der Waals surface area contributed by atoms with Gasteiger partial charge >= 0.3 is 5.69 Å². The van der Waals surface area contributed by atoms with Crippen LogP contribution in [0.3, 0.4) is 0 Å². The van der Waals surface area contributed by atoms with Gasteiger partial charge in [-0.15, -0.1) is 5.10 Å². The zero-order valence-electron chi connectivity index (χ0n) is 17.1. The summed E-state index contributed by atoms with van der Waals surface area (Å²) < 4.78 is 1.26. The molecule has 162 valence electrons. The Morgan fingerprint density at radius 2 is 1.91 bits per heavy atom. The number of H-pyrrole nitrogens is 1. The first-order chi connectivity index (χ1) is 15.6. The first-order valence-electron chi connectivity index (χ1n) is 10.4. The molecular weight excluding hydrogens is 426 g/mol. The van der Waals surface area contributed by atoms with Crippen molar-refractivity contribution < 1.29 is 5.11 Å². The SMILES string of the molecule is O=c1[nH]c(Nc2ccc(CN[C@H]3c4ccccc4C[C@H]3O)cc2)nn1-c1cccc(Cl)c1. The second-order valence-electron chi connectivity index (χ2n) is 7.82. The van der Waals surface area contributed by atoms with Crippen molar-refractivity contribution in [1.29, 1.82) is 0 Å². The minimum Gasteiger partial charge on any atom is -0.391 e. The number of aromatic amines is 1. The van der Waals surface area contributed by atoms with E-state index in [-0.39, 0.29) is 11.7 Å². The molecule has 2 atom stereocenters. The Morgan fingerprint density at radius 3 is 2.72 bits per heavy atom. The topological polar surface area (TPSA) is 95.0 Å². The van der Waals surface area contributed by atoms with Crippen molar-refractivity contribution >= 4 is 23.2 Å². The fraction of sp³-hybridized carbons (Fsp3) is 0.167. The summed E-state index contributed by atoms with van der Waals surface area (Å²) in [5.41, 5.74) is 4.48. The molecule has 0 aliphatic heterocycles. The number of hydrogen-bond acceptors (Lipinski definition) is 5. The van der Waals surface area contributed by atoms with Crippen molar-refractivity contribution in [2.24, 2.45) is 0 Å². The number of hydrogen-bond donors (Lipinski definition) is 4. The van der Waals surface area contributed by atoms with E-state index in [1.165, 1.54) is 10.2 Å². The van der Waals surface area contributed by atoms with Gasteiger partial charge in [-0.2, -0.15) is 4.68 Å². The largest absolute Gasteiger partial charge is 0.391 e. The van der Waals surface area contributed by atoms with Gasteiger partial charge in [0.1, 0.15) is 0 Å². The van der Waals surface area contributed by atoms with Crippen LogP contribution in [0.4, 0.5) is 11.6 Å². The van der Waals surface area contributed by atoms with Crippen LogP contribution in [0.25, 0.3) is 5.69 Å². The molecule has 0 saturated carbocycles. The number of fused-ring (bicyclic) bond motifs is 1. The summed E-state index contributed by atoms with van der Waals surface area (Å²) in [5, 5.41) is 21.8. The van der Waals surface area contributed by atoms with E-state index in [0.717, 1.165) is 16.8 Å². The lowest BCUT2D eigenvalue weighted by atomic mass is 10.1. The average Bonchev–Trinajstić information content (AvgIpc) is 3.31. The quantitative estimate of drug-likeness (QED) is 0.361. The second-order valence-corrected chi connectivity index (χ2v) is 8.26. The van der Waals surface area contributed by atoms with Crippen LogP contribution in [-0.2, 0) is 13.0 Å². The molecular formula is C24H22ClN5O2. The Bertz CT molecular complexity index is 1300. The number of aromatic nitrogens is 3. The van der Waals surface area contributed by atoms with E-state index in [9.17, 15) is 9.90 Å². The third-order valence-corrected chi connectivity index (χ3v) is 5.85. The first kappa shape index (κ1) is 20.5. The van der Waals surface area contributed by atoms with Gasteiger partial charge < -0.3 is 15.7 Å². The summed E-state index contributed by atoms with van der Waals surface area (Å²) >= 11 is 6.01. The summed E-state index contributed by atoms with van der Waals surface area (Å²) in [5.74, 6) is 0.339. The number of nitrogens with one attached hydrogen (secondary N) is 3. The van der Waals surface area contributed by atoms with Crippen LogP contribution in [0.2, 0.25) is 5.02 Å². The molecule has 0 spiro atoms. The van der Waals surface area contributed by atoms with Gasteiger partial charge in [0.15, 0.2) is 0 Å². The predicted octanol–water partition coefficient (Wildman–Crippen LogP) is 3.71. The predicted molar refractivity (Wildman–Crippen MR) is 125 cm³/mol. The van der Waals surface area contributed by atoms with E-state index in [4.69, 9.17) is 11.6 Å². The molecule has 4 N–H and O–H groups in total. The standard InChI is InChI=1S/C24H22ClN5O2/c25-17-5-3-6-19(13-17)30-24(32)28-23(29-30)27-18-10-8-15(9-11-18)14-26-22-20-7-2-1-4-16(20)12-21(22)31/h1-11,13,21-22,26,31H,12,14H2,(H2,27,28,29,32)/t21-,22+/m1/s1. The fourth-order valence-electron chi connectivity index (χ4n) is 4.05. The van der Waals surface area contributed by atoms with Crippen molar-refractivity contribution in [3.8, 4) is 5.69 Å². The summed E-state index contributed by atoms with van der Waals surface area (Å²) in [6.07, 6.45) is 0.260. The summed E-state index contributed by atoms with van der Waals surface area (Å²) in [7, 11) is 0. The van der Waals surface area contributed by atoms with Crippen LogP contribution in [0.15, 0.2) is 77.6 Å². The van der Waals surface area contributed by atoms with Crippen LogP contribution in [0, 0.1) is 0 Å². The lowest BCUT2D eigenvalue weighted by molar-refractivity contribution is 0.140. The van der Waals surface area contributed by atoms with Crippen molar-refractivity contribution in [1.82, 2.24) is 20.1 Å². The molecule has 0 fully saturated rings. The maximum absolute atomic E-state index is 12.3. The van der Waals surface area contributed by atoms with Gasteiger partial charge in [-0.05, 0) is 47.0 Å². The van der Waals surface area contributed by atoms with Crippen LogP contribution in [0.1, 0.15) is 22.7 Å². The van der Waals surface area contributed by atoms with Crippen LogP contribution in [-0.4, -0.2) is 26.0 Å². The highest BCUT2D eigenvalue weighted by atomic mass is 35.5. The molecule has 0 bridgehead atoms. The van der Waals surface area contributed by atoms with Gasteiger partial charge in [0.05, 0.1) is 17.8 Å². The van der Waals surface area contributed by atoms with Gasteiger partial charge in [-0.1, -0.05) is 54.1 Å². The van der Waals surface area contributed by atoms with E-state index < -0.39 is 6.10 Å². The third-order valence-electron chi connectivity index (χ3n) is 5.62. The highest BCUT2D eigenvalue weighted by Gasteiger charge is 2.30. The Balaban J connectivity index is 1.24. The molecule has 0 radical (unpaired) electrons. The molecule has 32 heavy (non-hydrogen) atoms. The molecule has 0 saturated heterocycles. The third kappa shape index (κ3) is 4.18. The van der Waals surface area contributed by atoms with Crippen molar-refractivity contribution in [2.75, 3.05) is 5.32 Å². The van der Waals surface area contributed by atoms with Crippen molar-refractivity contribution in [3.63, 3.8) is 0 Å². The highest BCUT2D eigenvalue weighted by molar-refractivity contribution is 6.30. The molecule has 8 heteroatoms. The molecule has 0 unspecified atom stereocenters. The van der Waals surface area contributed by atoms with Gasteiger partial charge in [-0.3, -0.25) is 4.98 Å². The van der Waals surface area contributed by atoms with Crippen molar-refractivity contribution in [2.45, 2.75) is 25.1 Å². The van der Waals surface area contributed by atoms with Crippen LogP contribution < -0.4 is 16.3 Å². The van der Waals surface area contributed by atoms with E-state index in [2.05, 4.69) is 32.8 Å². The first-order valence-corrected chi connectivity index (χ1v) is 10.7. The van der Waals surface area contributed by atoms with Gasteiger partial charge in [-0.25, -0.2) is 4.79 Å². The summed E-state index contributed by atoms with van der Waals surface area (Å²) in [6, 6.07) is 22.9. The Kier molecular flexibility index (Phi) is 5.53. The Hall–Kier alpha value is -3.39. The summed E-state index contributed by atoms with van der Waals surface area (Å²) in [6.45, 7) is 0.635. The number of anilines is 2. The van der Waals surface area contributed by atoms with E-state index in [1.54, 1.807) is 24.3 Å². The maximum atomic E-state index is 12.3. The lowest BCUT2D eigenvalue weighted by Crippen LogP contribution is -2.28. The minimum atomic E-state index is -0.417. The molecule has 1 heterocycles. The normalized spacial score (nSPS) is 17.3. The Labute approximate surface area is 189 Å². The monoisotopic (exact) mass is 447 g/mol. The molecule has 0 amide bonds.